The monoisotopic (exact) mass is 474 g/mol. The molecule has 1 saturated carbocycles. The van der Waals surface area contributed by atoms with Crippen molar-refractivity contribution in [2.45, 2.75) is 76.7 Å². The van der Waals surface area contributed by atoms with E-state index in [0.29, 0.717) is 11.5 Å². The molecule has 0 aromatic heterocycles. The molecule has 0 spiro atoms. The Morgan fingerprint density at radius 1 is 0.818 bits per heavy atom. The van der Waals surface area contributed by atoms with E-state index < -0.39 is 35.4 Å². The summed E-state index contributed by atoms with van der Waals surface area (Å²) in [6, 6.07) is 7.18. The predicted molar refractivity (Wildman–Crippen MR) is 113 cm³/mol. The lowest BCUT2D eigenvalue weighted by Crippen LogP contribution is -2.24. The third kappa shape index (κ3) is 7.30. The summed E-state index contributed by atoms with van der Waals surface area (Å²) in [5, 5.41) is 0. The maximum atomic E-state index is 14.6. The van der Waals surface area contributed by atoms with Gasteiger partial charge in [-0.25, -0.2) is 4.39 Å². The molecule has 0 atom stereocenters. The number of benzene rings is 2. The molecule has 8 heteroatoms. The van der Waals surface area contributed by atoms with Crippen LogP contribution in [0.1, 0.15) is 75.3 Å². The Balaban J connectivity index is 1.61. The van der Waals surface area contributed by atoms with Crippen LogP contribution in [0, 0.1) is 11.7 Å². The molecule has 1 fully saturated rings. The molecule has 33 heavy (non-hydrogen) atoms. The fourth-order valence-electron chi connectivity index (χ4n) is 4.40. The first kappa shape index (κ1) is 25.2. The van der Waals surface area contributed by atoms with Crippen molar-refractivity contribution in [3.63, 3.8) is 0 Å². The van der Waals surface area contributed by atoms with Gasteiger partial charge in [-0.3, -0.25) is 0 Å². The topological polar surface area (TPSA) is 18.5 Å². The lowest BCUT2D eigenvalue weighted by molar-refractivity contribution is -0.274. The fourth-order valence-corrected chi connectivity index (χ4v) is 4.40. The SMILES string of the molecule is CCCCCC1CCC(c2ccc(C(F)(F)Oc3ccc(OC(F)(F)F)cc3)c(F)c2)CC1. The number of rotatable bonds is 9. The van der Waals surface area contributed by atoms with Gasteiger partial charge >= 0.3 is 12.5 Å². The summed E-state index contributed by atoms with van der Waals surface area (Å²) in [6.07, 6.45) is -0.0955. The molecule has 0 saturated heterocycles. The number of ether oxygens (including phenoxy) is 2. The molecule has 2 aromatic rings. The zero-order chi connectivity index (χ0) is 24.1. The van der Waals surface area contributed by atoms with E-state index in [-0.39, 0.29) is 5.92 Å². The van der Waals surface area contributed by atoms with Crippen molar-refractivity contribution in [2.24, 2.45) is 5.92 Å². The van der Waals surface area contributed by atoms with Crippen molar-refractivity contribution < 1.29 is 35.8 Å². The molecule has 1 aliphatic rings. The lowest BCUT2D eigenvalue weighted by atomic mass is 9.77. The highest BCUT2D eigenvalue weighted by molar-refractivity contribution is 5.34. The number of hydrogen-bond donors (Lipinski definition) is 0. The van der Waals surface area contributed by atoms with Gasteiger partial charge in [0.25, 0.3) is 0 Å². The van der Waals surface area contributed by atoms with E-state index in [2.05, 4.69) is 16.4 Å². The zero-order valence-corrected chi connectivity index (χ0v) is 18.4. The van der Waals surface area contributed by atoms with Gasteiger partial charge in [0, 0.05) is 0 Å². The average Bonchev–Trinajstić information content (AvgIpc) is 2.74. The highest BCUT2D eigenvalue weighted by Gasteiger charge is 2.38. The largest absolute Gasteiger partial charge is 0.573 e. The predicted octanol–water partition coefficient (Wildman–Crippen LogP) is 8.71. The zero-order valence-electron chi connectivity index (χ0n) is 18.4. The number of unbranched alkanes of at least 4 members (excludes halogenated alkanes) is 2. The molecule has 0 heterocycles. The van der Waals surface area contributed by atoms with E-state index in [0.717, 1.165) is 62.1 Å². The minimum atomic E-state index is -4.90. The first-order valence-corrected chi connectivity index (χ1v) is 11.3. The van der Waals surface area contributed by atoms with Crippen molar-refractivity contribution in [2.75, 3.05) is 0 Å². The second-order valence-corrected chi connectivity index (χ2v) is 8.59. The molecule has 0 N–H and O–H groups in total. The third-order valence-electron chi connectivity index (χ3n) is 6.14. The second kappa shape index (κ2) is 10.7. The van der Waals surface area contributed by atoms with Crippen LogP contribution in [0.5, 0.6) is 11.5 Å². The van der Waals surface area contributed by atoms with Gasteiger partial charge in [-0.15, -0.1) is 13.2 Å². The Labute approximate surface area is 189 Å². The van der Waals surface area contributed by atoms with E-state index in [1.54, 1.807) is 0 Å². The molecular weight excluding hydrogens is 446 g/mol. The summed E-state index contributed by atoms with van der Waals surface area (Å²) in [5.74, 6) is -1.23. The van der Waals surface area contributed by atoms with Crippen LogP contribution in [0.3, 0.4) is 0 Å². The van der Waals surface area contributed by atoms with Gasteiger partial charge < -0.3 is 9.47 Å². The Morgan fingerprint density at radius 3 is 1.97 bits per heavy atom. The molecule has 2 nitrogen and oxygen atoms in total. The van der Waals surface area contributed by atoms with E-state index in [1.165, 1.54) is 31.7 Å². The quantitative estimate of drug-likeness (QED) is 0.267. The van der Waals surface area contributed by atoms with Gasteiger partial charge in [-0.2, -0.15) is 8.78 Å². The van der Waals surface area contributed by atoms with Gasteiger partial charge in [-0.05, 0) is 79.5 Å². The first-order valence-electron chi connectivity index (χ1n) is 11.3. The highest BCUT2D eigenvalue weighted by Crippen LogP contribution is 2.40. The molecule has 2 aromatic carbocycles. The average molecular weight is 474 g/mol. The normalized spacial score (nSPS) is 19.4. The van der Waals surface area contributed by atoms with Crippen molar-refractivity contribution in [3.8, 4) is 11.5 Å². The Morgan fingerprint density at radius 2 is 1.42 bits per heavy atom. The molecular formula is C25H28F6O2. The summed E-state index contributed by atoms with van der Waals surface area (Å²) in [7, 11) is 0. The van der Waals surface area contributed by atoms with Crippen LogP contribution in [-0.2, 0) is 6.11 Å². The Kier molecular flexibility index (Phi) is 8.19. The van der Waals surface area contributed by atoms with E-state index in [4.69, 9.17) is 0 Å². The lowest BCUT2D eigenvalue weighted by Gasteiger charge is -2.29. The van der Waals surface area contributed by atoms with E-state index in [1.807, 2.05) is 0 Å². The second-order valence-electron chi connectivity index (χ2n) is 8.59. The fraction of sp³-hybridized carbons (Fsp3) is 0.520. The van der Waals surface area contributed by atoms with Crippen LogP contribution in [0.25, 0.3) is 0 Å². The van der Waals surface area contributed by atoms with Gasteiger partial charge in [0.2, 0.25) is 0 Å². The smallest absolute Gasteiger partial charge is 0.429 e. The summed E-state index contributed by atoms with van der Waals surface area (Å²) < 4.78 is 88.7. The summed E-state index contributed by atoms with van der Waals surface area (Å²) >= 11 is 0. The Hall–Kier alpha value is -2.38. The number of alkyl halides is 5. The van der Waals surface area contributed by atoms with E-state index in [9.17, 15) is 26.3 Å². The third-order valence-corrected chi connectivity index (χ3v) is 6.14. The molecule has 0 bridgehead atoms. The van der Waals surface area contributed by atoms with Gasteiger partial charge in [0.1, 0.15) is 17.3 Å². The van der Waals surface area contributed by atoms with Crippen molar-refractivity contribution in [1.82, 2.24) is 0 Å². The standard InChI is InChI=1S/C25H28F6O2/c1-2-3-4-5-17-6-8-18(9-7-17)19-10-15-22(23(26)16-19)24(27,28)32-20-11-13-21(14-12-20)33-25(29,30)31/h10-18H,2-9H2,1H3. The molecule has 1 aliphatic carbocycles. The molecule has 3 rings (SSSR count). The minimum absolute atomic E-state index is 0.145. The number of hydrogen-bond acceptors (Lipinski definition) is 2. The van der Waals surface area contributed by atoms with Crippen molar-refractivity contribution >= 4 is 0 Å². The maximum absolute atomic E-state index is 14.6. The van der Waals surface area contributed by atoms with Crippen LogP contribution in [0.2, 0.25) is 0 Å². The van der Waals surface area contributed by atoms with Gasteiger partial charge in [-0.1, -0.05) is 38.7 Å². The summed E-state index contributed by atoms with van der Waals surface area (Å²) in [6.45, 7) is 2.17. The highest BCUT2D eigenvalue weighted by atomic mass is 19.4. The van der Waals surface area contributed by atoms with Crippen LogP contribution in [0.15, 0.2) is 42.5 Å². The van der Waals surface area contributed by atoms with E-state index >= 15 is 0 Å². The molecule has 0 radical (unpaired) electrons. The summed E-state index contributed by atoms with van der Waals surface area (Å²) in [5.41, 5.74) is -0.220. The summed E-state index contributed by atoms with van der Waals surface area (Å²) in [4.78, 5) is 0. The number of halogens is 6. The van der Waals surface area contributed by atoms with Crippen LogP contribution in [0.4, 0.5) is 26.3 Å². The van der Waals surface area contributed by atoms with Gasteiger partial charge in [0.05, 0.1) is 5.56 Å². The molecule has 0 amide bonds. The molecule has 182 valence electrons. The van der Waals surface area contributed by atoms with Crippen LogP contribution >= 0.6 is 0 Å². The van der Waals surface area contributed by atoms with Crippen LogP contribution in [-0.4, -0.2) is 6.36 Å². The maximum Gasteiger partial charge on any atom is 0.573 e. The Bertz CT molecular complexity index is 887. The first-order chi connectivity index (χ1) is 15.6. The minimum Gasteiger partial charge on any atom is -0.429 e. The van der Waals surface area contributed by atoms with Crippen LogP contribution < -0.4 is 9.47 Å². The van der Waals surface area contributed by atoms with Crippen molar-refractivity contribution in [3.05, 3.63) is 59.4 Å². The molecule has 0 unspecified atom stereocenters. The van der Waals surface area contributed by atoms with Crippen molar-refractivity contribution in [1.29, 1.82) is 0 Å². The molecule has 0 aliphatic heterocycles. The van der Waals surface area contributed by atoms with Gasteiger partial charge in [0.15, 0.2) is 0 Å².